The Labute approximate surface area is 213 Å². The first kappa shape index (κ1) is 22.8. The molecule has 5 rings (SSSR count). The molecule has 1 aromatic heterocycles. The van der Waals surface area contributed by atoms with E-state index in [4.69, 9.17) is 11.6 Å². The molecule has 0 aliphatic carbocycles. The molecule has 1 fully saturated rings. The highest BCUT2D eigenvalue weighted by molar-refractivity contribution is 9.10. The Hall–Kier alpha value is -3.00. The van der Waals surface area contributed by atoms with Crippen molar-refractivity contribution in [3.63, 3.8) is 0 Å². The number of benzene rings is 3. The summed E-state index contributed by atoms with van der Waals surface area (Å²) in [6.45, 7) is 2.08. The summed E-state index contributed by atoms with van der Waals surface area (Å²) in [6, 6.07) is 19.0. The number of aliphatic hydroxyl groups excluding tert-OH is 1. The third-order valence-corrected chi connectivity index (χ3v) is 7.55. The second-order valence-electron chi connectivity index (χ2n) is 7.88. The summed E-state index contributed by atoms with van der Waals surface area (Å²) in [6.07, 6.45) is 0.882. The number of hydrogen-bond donors (Lipinski definition) is 1. The monoisotopic (exact) mass is 552 g/mol. The van der Waals surface area contributed by atoms with Gasteiger partial charge in [0, 0.05) is 15.1 Å². The Kier molecular flexibility index (Phi) is 6.02. The molecule has 0 spiro atoms. The van der Waals surface area contributed by atoms with Crippen molar-refractivity contribution in [3.8, 4) is 0 Å². The van der Waals surface area contributed by atoms with Crippen molar-refractivity contribution in [2.75, 3.05) is 4.90 Å². The smallest absolute Gasteiger partial charge is 0.301 e. The maximum atomic E-state index is 13.3. The van der Waals surface area contributed by atoms with Gasteiger partial charge in [-0.1, -0.05) is 64.0 Å². The van der Waals surface area contributed by atoms with Crippen LogP contribution < -0.4 is 4.90 Å². The summed E-state index contributed by atoms with van der Waals surface area (Å²) in [5, 5.41) is 12.1. The molecular weight excluding hydrogens is 536 g/mol. The van der Waals surface area contributed by atoms with E-state index in [2.05, 4.69) is 33.9 Å². The highest BCUT2D eigenvalue weighted by atomic mass is 79.9. The van der Waals surface area contributed by atoms with Crippen LogP contribution in [0.2, 0.25) is 5.02 Å². The molecular formula is C26H18BrClN2O3S. The van der Waals surface area contributed by atoms with Crippen LogP contribution in [0.5, 0.6) is 0 Å². The Morgan fingerprint density at radius 2 is 1.88 bits per heavy atom. The van der Waals surface area contributed by atoms with Gasteiger partial charge in [-0.25, -0.2) is 4.98 Å². The molecule has 1 N–H and O–H groups in total. The Balaban J connectivity index is 1.72. The van der Waals surface area contributed by atoms with Crippen molar-refractivity contribution in [2.24, 2.45) is 0 Å². The molecule has 1 aliphatic heterocycles. The van der Waals surface area contributed by atoms with E-state index in [0.717, 1.165) is 26.7 Å². The van der Waals surface area contributed by atoms with Gasteiger partial charge in [0.05, 0.1) is 21.8 Å². The fourth-order valence-corrected chi connectivity index (χ4v) is 5.66. The van der Waals surface area contributed by atoms with Gasteiger partial charge in [-0.3, -0.25) is 14.5 Å². The average Bonchev–Trinajstić information content (AvgIpc) is 3.36. The van der Waals surface area contributed by atoms with Crippen LogP contribution in [0.1, 0.15) is 29.7 Å². The lowest BCUT2D eigenvalue weighted by Crippen LogP contribution is -2.29. The molecule has 34 heavy (non-hydrogen) atoms. The number of aryl methyl sites for hydroxylation is 1. The molecule has 3 aromatic carbocycles. The molecule has 1 atom stereocenters. The number of thiazole rings is 1. The number of amides is 1. The Bertz CT molecular complexity index is 1480. The summed E-state index contributed by atoms with van der Waals surface area (Å²) in [4.78, 5) is 32.7. The summed E-state index contributed by atoms with van der Waals surface area (Å²) in [7, 11) is 0. The van der Waals surface area contributed by atoms with E-state index >= 15 is 0 Å². The van der Waals surface area contributed by atoms with E-state index in [1.165, 1.54) is 16.2 Å². The third kappa shape index (κ3) is 3.94. The number of fused-ring (bicyclic) bond motifs is 1. The van der Waals surface area contributed by atoms with E-state index in [1.807, 2.05) is 36.4 Å². The van der Waals surface area contributed by atoms with E-state index in [1.54, 1.807) is 24.3 Å². The van der Waals surface area contributed by atoms with Crippen LogP contribution in [-0.4, -0.2) is 21.8 Å². The van der Waals surface area contributed by atoms with E-state index in [9.17, 15) is 14.7 Å². The van der Waals surface area contributed by atoms with Crippen molar-refractivity contribution in [1.29, 1.82) is 0 Å². The molecule has 0 radical (unpaired) electrons. The molecule has 5 nitrogen and oxygen atoms in total. The number of ketones is 1. The second-order valence-corrected chi connectivity index (χ2v) is 10.2. The molecule has 4 aromatic rings. The zero-order valence-corrected chi connectivity index (χ0v) is 21.1. The first-order valence-electron chi connectivity index (χ1n) is 10.6. The molecule has 2 heterocycles. The highest BCUT2D eigenvalue weighted by Crippen LogP contribution is 2.44. The molecule has 1 aliphatic rings. The summed E-state index contributed by atoms with van der Waals surface area (Å²) < 4.78 is 1.72. The van der Waals surface area contributed by atoms with Crippen LogP contribution in [0.25, 0.3) is 16.0 Å². The summed E-state index contributed by atoms with van der Waals surface area (Å²) in [5.41, 5.74) is 3.01. The predicted molar refractivity (Wildman–Crippen MR) is 139 cm³/mol. The Morgan fingerprint density at radius 1 is 1.12 bits per heavy atom. The summed E-state index contributed by atoms with van der Waals surface area (Å²) in [5.74, 6) is -1.74. The predicted octanol–water partition coefficient (Wildman–Crippen LogP) is 6.90. The second kappa shape index (κ2) is 8.98. The quantitative estimate of drug-likeness (QED) is 0.169. The molecule has 1 saturated heterocycles. The number of halogens is 2. The van der Waals surface area contributed by atoms with Crippen LogP contribution in [0.15, 0.2) is 76.8 Å². The molecule has 170 valence electrons. The fraction of sp³-hybridized carbons (Fsp3) is 0.115. The average molecular weight is 554 g/mol. The van der Waals surface area contributed by atoms with Gasteiger partial charge in [-0.15, -0.1) is 0 Å². The topological polar surface area (TPSA) is 70.5 Å². The first-order chi connectivity index (χ1) is 16.4. The molecule has 0 saturated carbocycles. The van der Waals surface area contributed by atoms with Crippen molar-refractivity contribution in [1.82, 2.24) is 4.98 Å². The number of anilines is 1. The molecule has 0 bridgehead atoms. The first-order valence-corrected chi connectivity index (χ1v) is 12.6. The third-order valence-electron chi connectivity index (χ3n) is 5.78. The minimum absolute atomic E-state index is 0.0129. The highest BCUT2D eigenvalue weighted by Gasteiger charge is 2.48. The van der Waals surface area contributed by atoms with Crippen LogP contribution in [0, 0.1) is 0 Å². The SMILES string of the molecule is CCc1ccc2nc(N3C(=O)C(=O)C(=C(O)c4ccc(Cl)cc4)C3c3cccc(Br)c3)sc2c1. The van der Waals surface area contributed by atoms with Crippen molar-refractivity contribution >= 4 is 71.7 Å². The number of Topliss-reactive ketones (excluding diaryl/α,β-unsaturated/α-hetero) is 1. The van der Waals surface area contributed by atoms with Crippen molar-refractivity contribution in [3.05, 3.63) is 98.5 Å². The standard InChI is InChI=1S/C26H18BrClN2O3S/c1-2-14-6-11-19-20(12-14)34-26(29-19)30-22(16-4-3-5-17(27)13-16)21(24(32)25(30)33)23(31)15-7-9-18(28)10-8-15/h3-13,22,31H,2H2,1H3. The lowest BCUT2D eigenvalue weighted by molar-refractivity contribution is -0.132. The number of carbonyl (C=O) groups excluding carboxylic acids is 2. The fourth-order valence-electron chi connectivity index (χ4n) is 4.06. The Morgan fingerprint density at radius 3 is 2.59 bits per heavy atom. The maximum Gasteiger partial charge on any atom is 0.301 e. The van der Waals surface area contributed by atoms with Crippen LogP contribution in [0.3, 0.4) is 0 Å². The van der Waals surface area contributed by atoms with E-state index in [0.29, 0.717) is 21.3 Å². The molecule has 1 amide bonds. The van der Waals surface area contributed by atoms with E-state index in [-0.39, 0.29) is 11.3 Å². The van der Waals surface area contributed by atoms with Crippen molar-refractivity contribution < 1.29 is 14.7 Å². The van der Waals surface area contributed by atoms with Gasteiger partial charge in [0.2, 0.25) is 0 Å². The van der Waals surface area contributed by atoms with Crippen molar-refractivity contribution in [2.45, 2.75) is 19.4 Å². The van der Waals surface area contributed by atoms with Crippen LogP contribution in [0.4, 0.5) is 5.13 Å². The number of rotatable bonds is 4. The van der Waals surface area contributed by atoms with Gasteiger partial charge >= 0.3 is 5.91 Å². The minimum atomic E-state index is -0.834. The molecule has 8 heteroatoms. The number of nitrogens with zero attached hydrogens (tertiary/aromatic N) is 2. The normalized spacial score (nSPS) is 17.6. The largest absolute Gasteiger partial charge is 0.507 e. The lowest BCUT2D eigenvalue weighted by atomic mass is 9.95. The van der Waals surface area contributed by atoms with Crippen LogP contribution >= 0.6 is 38.9 Å². The zero-order valence-electron chi connectivity index (χ0n) is 18.0. The molecule has 1 unspecified atom stereocenters. The summed E-state index contributed by atoms with van der Waals surface area (Å²) >= 11 is 10.8. The minimum Gasteiger partial charge on any atom is -0.507 e. The lowest BCUT2D eigenvalue weighted by Gasteiger charge is -2.23. The number of aliphatic hydroxyl groups is 1. The van der Waals surface area contributed by atoms with E-state index < -0.39 is 17.7 Å². The zero-order chi connectivity index (χ0) is 24.0. The van der Waals surface area contributed by atoms with Gasteiger partial charge in [0.25, 0.3) is 5.78 Å². The number of carbonyl (C=O) groups is 2. The van der Waals surface area contributed by atoms with Crippen LogP contribution in [-0.2, 0) is 16.0 Å². The van der Waals surface area contributed by atoms with Gasteiger partial charge in [0.1, 0.15) is 5.76 Å². The van der Waals surface area contributed by atoms with Gasteiger partial charge < -0.3 is 5.11 Å². The van der Waals surface area contributed by atoms with Gasteiger partial charge in [0.15, 0.2) is 5.13 Å². The maximum absolute atomic E-state index is 13.3. The number of aromatic nitrogens is 1. The van der Waals surface area contributed by atoms with Gasteiger partial charge in [-0.2, -0.15) is 0 Å². The number of hydrogen-bond acceptors (Lipinski definition) is 5. The van der Waals surface area contributed by atoms with Gasteiger partial charge in [-0.05, 0) is 66.1 Å².